The Balaban J connectivity index is 0.000000860. The summed E-state index contributed by atoms with van der Waals surface area (Å²) < 4.78 is 59.8. The first-order valence-corrected chi connectivity index (χ1v) is 14.2. The van der Waals surface area contributed by atoms with Crippen molar-refractivity contribution in [2.75, 3.05) is 18.0 Å². The number of carboxylic acids is 2. The number of sulfonamides is 1. The molecule has 0 fully saturated rings. The van der Waals surface area contributed by atoms with Crippen molar-refractivity contribution in [1.29, 1.82) is 0 Å². The lowest BCUT2D eigenvalue weighted by Crippen LogP contribution is -2.48. The summed E-state index contributed by atoms with van der Waals surface area (Å²) in [6, 6.07) is 10.3. The van der Waals surface area contributed by atoms with Crippen molar-refractivity contribution in [1.82, 2.24) is 20.0 Å². The number of nitrogens with zero attached hydrogens (tertiary/aromatic N) is 2. The van der Waals surface area contributed by atoms with Crippen LogP contribution >= 0.6 is 0 Å². The van der Waals surface area contributed by atoms with Crippen LogP contribution in [0.4, 0.5) is 24.9 Å². The zero-order valence-electron chi connectivity index (χ0n) is 23.8. The van der Waals surface area contributed by atoms with Gasteiger partial charge in [0.05, 0.1) is 4.90 Å². The molecule has 0 radical (unpaired) electrons. The average molecular weight is 641 g/mol. The van der Waals surface area contributed by atoms with Gasteiger partial charge in [0.15, 0.2) is 0 Å². The van der Waals surface area contributed by atoms with Crippen molar-refractivity contribution < 1.29 is 46.2 Å². The Morgan fingerprint density at radius 2 is 1.48 bits per heavy atom. The number of amides is 1. The molecule has 0 saturated heterocycles. The Kier molecular flexibility index (Phi) is 11.8. The number of carbonyl (C=O) groups excluding carboxylic acids is 1. The molecule has 1 heterocycles. The number of nitrogens with one attached hydrogen (secondary N) is 2. The number of halogens is 3. The molecule has 3 aromatic rings. The third-order valence-electron chi connectivity index (χ3n) is 5.88. The van der Waals surface area contributed by atoms with Crippen molar-refractivity contribution in [2.24, 2.45) is 0 Å². The van der Waals surface area contributed by atoms with E-state index >= 15 is 0 Å². The zero-order valence-corrected chi connectivity index (χ0v) is 24.6. The molecule has 1 amide bonds. The van der Waals surface area contributed by atoms with Gasteiger partial charge in [0.1, 0.15) is 11.9 Å². The number of benzene rings is 2. The van der Waals surface area contributed by atoms with Gasteiger partial charge >= 0.3 is 18.1 Å². The summed E-state index contributed by atoms with van der Waals surface area (Å²) in [7, 11) is -4.14. The Morgan fingerprint density at radius 3 is 1.95 bits per heavy atom. The molecule has 238 valence electrons. The van der Waals surface area contributed by atoms with Gasteiger partial charge in [0, 0.05) is 23.9 Å². The fourth-order valence-corrected chi connectivity index (χ4v) is 5.72. The molecule has 0 spiro atoms. The average Bonchev–Trinajstić information content (AvgIpc) is 2.88. The molecule has 1 aromatic heterocycles. The Hall–Kier alpha value is -4.77. The van der Waals surface area contributed by atoms with Crippen LogP contribution in [0.15, 0.2) is 47.4 Å². The van der Waals surface area contributed by atoms with E-state index < -0.39 is 46.6 Å². The maximum atomic E-state index is 12.9. The second-order valence-corrected chi connectivity index (χ2v) is 11.2. The van der Waals surface area contributed by atoms with Crippen LogP contribution in [-0.2, 0) is 32.5 Å². The summed E-state index contributed by atoms with van der Waals surface area (Å²) in [5, 5.41) is 19.2. The highest BCUT2D eigenvalue weighted by Crippen LogP contribution is 2.22. The minimum atomic E-state index is -5.08. The molecule has 3 rings (SSSR count). The number of aryl methyl sites for hydroxylation is 5. The van der Waals surface area contributed by atoms with E-state index in [2.05, 4.69) is 20.0 Å². The number of nitrogens with two attached hydrogens (primary N) is 2. The first kappa shape index (κ1) is 35.4. The Labute approximate surface area is 250 Å². The summed E-state index contributed by atoms with van der Waals surface area (Å²) in [6.07, 6.45) is -3.89. The van der Waals surface area contributed by atoms with Crippen LogP contribution < -0.4 is 21.5 Å². The molecule has 2 aromatic carbocycles. The number of aromatic nitrogens is 2. The van der Waals surface area contributed by atoms with E-state index in [-0.39, 0.29) is 10.8 Å². The molecule has 8 N–H and O–H groups in total. The zero-order chi connectivity index (χ0) is 33.4. The molecule has 0 bridgehead atoms. The van der Waals surface area contributed by atoms with Crippen LogP contribution in [0.3, 0.4) is 0 Å². The van der Waals surface area contributed by atoms with Gasteiger partial charge in [-0.15, -0.1) is 0 Å². The fraction of sp³-hybridized carbons (Fsp3) is 0.296. The molecule has 0 aliphatic carbocycles. The highest BCUT2D eigenvalue weighted by Gasteiger charge is 2.38. The number of hydrogen-bond acceptors (Lipinski definition) is 9. The van der Waals surface area contributed by atoms with Crippen LogP contribution in [-0.4, -0.2) is 65.2 Å². The van der Waals surface area contributed by atoms with Crippen molar-refractivity contribution in [3.63, 3.8) is 0 Å². The molecular weight excluding hydrogens is 609 g/mol. The summed E-state index contributed by atoms with van der Waals surface area (Å²) in [4.78, 5) is 41.2. The maximum absolute atomic E-state index is 12.9. The predicted octanol–water partition coefficient (Wildman–Crippen LogP) is 2.15. The molecule has 0 aliphatic rings. The lowest BCUT2D eigenvalue weighted by atomic mass is 10.1. The number of rotatable bonds is 10. The van der Waals surface area contributed by atoms with Gasteiger partial charge in [-0.1, -0.05) is 29.8 Å². The number of carbonyl (C=O) groups is 3. The Morgan fingerprint density at radius 1 is 0.932 bits per heavy atom. The SMILES string of the molecule is Cc1cc(C)c(S(=O)(=O)N[C@@H](CNC(=O)c2ccc(CCc3cc(N)nc(N)n3)cc2)C(=O)O)c(C)c1.O=C(O)C(F)(F)F. The molecular formula is C27H31F3N6O7S. The number of aliphatic carboxylic acids is 2. The molecule has 1 atom stereocenters. The van der Waals surface area contributed by atoms with E-state index in [1.165, 1.54) is 0 Å². The van der Waals surface area contributed by atoms with E-state index in [1.807, 2.05) is 6.92 Å². The standard InChI is InChI=1S/C25H30N6O5S.C2HF3O2/c1-14-10-15(2)22(16(3)11-14)37(35,36)31-20(24(33)34)13-28-23(32)18-7-4-17(5-8-18)6-9-19-12-21(26)30-25(27)29-19;3-2(4,5)1(6)7/h4-5,7-8,10-12,20,31H,6,9,13H2,1-3H3,(H,28,32)(H,33,34)(H4,26,27,29,30);(H,6,7)/t20-;/m0./s1. The highest BCUT2D eigenvalue weighted by molar-refractivity contribution is 7.89. The van der Waals surface area contributed by atoms with Gasteiger partial charge in [-0.05, 0) is 62.4 Å². The second kappa shape index (κ2) is 14.6. The van der Waals surface area contributed by atoms with Crippen molar-refractivity contribution in [3.05, 3.63) is 76.0 Å². The maximum Gasteiger partial charge on any atom is 0.490 e. The van der Waals surface area contributed by atoms with Gasteiger partial charge in [-0.25, -0.2) is 18.2 Å². The normalized spacial score (nSPS) is 12.0. The molecule has 0 aliphatic heterocycles. The van der Waals surface area contributed by atoms with Crippen molar-refractivity contribution in [2.45, 2.75) is 50.7 Å². The number of anilines is 2. The highest BCUT2D eigenvalue weighted by atomic mass is 32.2. The minimum Gasteiger partial charge on any atom is -0.480 e. The summed E-state index contributed by atoms with van der Waals surface area (Å²) in [5.74, 6) is -4.30. The number of alkyl halides is 3. The fourth-order valence-electron chi connectivity index (χ4n) is 4.08. The van der Waals surface area contributed by atoms with Crippen LogP contribution in [0.25, 0.3) is 0 Å². The number of carboxylic acid groups (broad SMARTS) is 2. The number of hydrogen-bond donors (Lipinski definition) is 6. The van der Waals surface area contributed by atoms with E-state index in [4.69, 9.17) is 21.4 Å². The summed E-state index contributed by atoms with van der Waals surface area (Å²) >= 11 is 0. The largest absolute Gasteiger partial charge is 0.490 e. The van der Waals surface area contributed by atoms with Crippen LogP contribution in [0.2, 0.25) is 0 Å². The third-order valence-corrected chi connectivity index (χ3v) is 7.66. The third kappa shape index (κ3) is 10.5. The second-order valence-electron chi connectivity index (χ2n) is 9.59. The van der Waals surface area contributed by atoms with E-state index in [0.717, 1.165) is 11.1 Å². The molecule has 0 saturated carbocycles. The summed E-state index contributed by atoms with van der Waals surface area (Å²) in [6.45, 7) is 4.70. The van der Waals surface area contributed by atoms with Crippen LogP contribution in [0.5, 0.6) is 0 Å². The molecule has 17 heteroatoms. The monoisotopic (exact) mass is 640 g/mol. The van der Waals surface area contributed by atoms with Gasteiger partial charge in [-0.3, -0.25) is 9.59 Å². The minimum absolute atomic E-state index is 0.0265. The van der Waals surface area contributed by atoms with E-state index in [1.54, 1.807) is 56.3 Å². The van der Waals surface area contributed by atoms with Crippen LogP contribution in [0, 0.1) is 20.8 Å². The lowest BCUT2D eigenvalue weighted by Gasteiger charge is -2.18. The van der Waals surface area contributed by atoms with Gasteiger partial charge in [-0.2, -0.15) is 22.9 Å². The van der Waals surface area contributed by atoms with E-state index in [9.17, 15) is 36.3 Å². The quantitative estimate of drug-likeness (QED) is 0.188. The van der Waals surface area contributed by atoms with Gasteiger partial charge < -0.3 is 27.0 Å². The molecule has 13 nitrogen and oxygen atoms in total. The van der Waals surface area contributed by atoms with Gasteiger partial charge in [0.2, 0.25) is 16.0 Å². The van der Waals surface area contributed by atoms with Gasteiger partial charge in [0.25, 0.3) is 5.91 Å². The van der Waals surface area contributed by atoms with E-state index in [0.29, 0.717) is 41.0 Å². The lowest BCUT2D eigenvalue weighted by molar-refractivity contribution is -0.192. The smallest absolute Gasteiger partial charge is 0.480 e. The topological polar surface area (TPSA) is 228 Å². The molecule has 44 heavy (non-hydrogen) atoms. The molecule has 0 unspecified atom stereocenters. The first-order valence-electron chi connectivity index (χ1n) is 12.7. The Bertz CT molecular complexity index is 1590. The van der Waals surface area contributed by atoms with Crippen LogP contribution in [0.1, 0.15) is 38.3 Å². The summed E-state index contributed by atoms with van der Waals surface area (Å²) in [5.41, 5.74) is 15.1. The van der Waals surface area contributed by atoms with Crippen molar-refractivity contribution >= 4 is 39.6 Å². The number of nitrogen functional groups attached to an aromatic ring is 2. The van der Waals surface area contributed by atoms with Crippen molar-refractivity contribution in [3.8, 4) is 0 Å². The first-order chi connectivity index (χ1) is 20.3. The predicted molar refractivity (Wildman–Crippen MR) is 153 cm³/mol.